The molecule has 0 spiro atoms. The highest BCUT2D eigenvalue weighted by Crippen LogP contribution is 2.12. The molecule has 1 heterocycles. The molecule has 0 bridgehead atoms. The first kappa shape index (κ1) is 9.45. The molecule has 0 aliphatic carbocycles. The van der Waals surface area contributed by atoms with Crippen molar-refractivity contribution in [3.8, 4) is 0 Å². The number of hydrogen-bond donors (Lipinski definition) is 1. The quantitative estimate of drug-likeness (QED) is 0.640. The summed E-state index contributed by atoms with van der Waals surface area (Å²) in [7, 11) is 0. The maximum Gasteiger partial charge on any atom is 0.307 e. The number of halogens is 1. The van der Waals surface area contributed by atoms with E-state index in [0.717, 1.165) is 0 Å². The number of alkyl halides is 1. The normalized spacial score (nSPS) is 28.8. The number of rotatable bonds is 3. The molecule has 0 unspecified atom stereocenters. The summed E-state index contributed by atoms with van der Waals surface area (Å²) in [6.07, 6.45) is -0.0861. The Morgan fingerprint density at radius 3 is 3.00 bits per heavy atom. The van der Waals surface area contributed by atoms with Gasteiger partial charge in [0, 0.05) is 12.6 Å². The molecule has 4 heteroatoms. The van der Waals surface area contributed by atoms with Gasteiger partial charge in [-0.05, 0) is 13.3 Å². The SMILES string of the molecule is CCOC(=O)C[C@@H]1C[C@H](F)CN1. The monoisotopic (exact) mass is 175 g/mol. The zero-order valence-corrected chi connectivity index (χ0v) is 7.18. The second-order valence-corrected chi connectivity index (χ2v) is 2.95. The molecule has 3 nitrogen and oxygen atoms in total. The van der Waals surface area contributed by atoms with E-state index < -0.39 is 6.17 Å². The molecule has 1 aliphatic heterocycles. The summed E-state index contributed by atoms with van der Waals surface area (Å²) in [6.45, 7) is 2.52. The van der Waals surface area contributed by atoms with E-state index in [2.05, 4.69) is 5.32 Å². The van der Waals surface area contributed by atoms with Gasteiger partial charge < -0.3 is 10.1 Å². The van der Waals surface area contributed by atoms with Crippen LogP contribution < -0.4 is 5.32 Å². The highest BCUT2D eigenvalue weighted by molar-refractivity contribution is 5.70. The largest absolute Gasteiger partial charge is 0.466 e. The van der Waals surface area contributed by atoms with Crippen LogP contribution in [-0.2, 0) is 9.53 Å². The summed E-state index contributed by atoms with van der Waals surface area (Å²) in [5.74, 6) is -0.246. The first-order valence-corrected chi connectivity index (χ1v) is 4.25. The van der Waals surface area contributed by atoms with Crippen molar-refractivity contribution in [2.24, 2.45) is 0 Å². The minimum Gasteiger partial charge on any atom is -0.466 e. The van der Waals surface area contributed by atoms with E-state index in [1.165, 1.54) is 0 Å². The minimum atomic E-state index is -0.801. The third-order valence-corrected chi connectivity index (χ3v) is 1.89. The smallest absolute Gasteiger partial charge is 0.307 e. The Hall–Kier alpha value is -0.640. The van der Waals surface area contributed by atoms with Crippen LogP contribution in [0.1, 0.15) is 19.8 Å². The summed E-state index contributed by atoms with van der Waals surface area (Å²) in [6, 6.07) is -0.0287. The van der Waals surface area contributed by atoms with Crippen molar-refractivity contribution in [2.75, 3.05) is 13.2 Å². The van der Waals surface area contributed by atoms with Crippen LogP contribution in [0.3, 0.4) is 0 Å². The number of ether oxygens (including phenoxy) is 1. The Kier molecular flexibility index (Phi) is 3.47. The van der Waals surface area contributed by atoms with E-state index in [0.29, 0.717) is 19.6 Å². The molecule has 2 atom stereocenters. The zero-order valence-electron chi connectivity index (χ0n) is 7.18. The molecule has 70 valence electrons. The zero-order chi connectivity index (χ0) is 8.97. The summed E-state index contributed by atoms with van der Waals surface area (Å²) < 4.78 is 17.3. The van der Waals surface area contributed by atoms with Crippen molar-refractivity contribution in [3.63, 3.8) is 0 Å². The molecule has 0 aromatic rings. The van der Waals surface area contributed by atoms with Gasteiger partial charge in [-0.2, -0.15) is 0 Å². The fourth-order valence-corrected chi connectivity index (χ4v) is 1.35. The maximum atomic E-state index is 12.6. The van der Waals surface area contributed by atoms with Crippen LogP contribution in [0, 0.1) is 0 Å². The Labute approximate surface area is 71.3 Å². The van der Waals surface area contributed by atoms with E-state index >= 15 is 0 Å². The minimum absolute atomic E-state index is 0.0287. The molecule has 12 heavy (non-hydrogen) atoms. The molecule has 0 saturated carbocycles. The first-order chi connectivity index (χ1) is 5.72. The lowest BCUT2D eigenvalue weighted by Gasteiger charge is -2.07. The Bertz CT molecular complexity index is 163. The fraction of sp³-hybridized carbons (Fsp3) is 0.875. The van der Waals surface area contributed by atoms with Gasteiger partial charge in [-0.1, -0.05) is 0 Å². The highest BCUT2D eigenvalue weighted by Gasteiger charge is 2.25. The molecule has 1 saturated heterocycles. The van der Waals surface area contributed by atoms with Gasteiger partial charge in [-0.15, -0.1) is 0 Å². The van der Waals surface area contributed by atoms with E-state index in [1.54, 1.807) is 6.92 Å². The van der Waals surface area contributed by atoms with Crippen molar-refractivity contribution in [1.29, 1.82) is 0 Å². The van der Waals surface area contributed by atoms with E-state index in [1.807, 2.05) is 0 Å². The molecule has 0 aromatic carbocycles. The number of carbonyl (C=O) groups excluding carboxylic acids is 1. The second-order valence-electron chi connectivity index (χ2n) is 2.95. The van der Waals surface area contributed by atoms with E-state index in [9.17, 15) is 9.18 Å². The molecule has 1 aliphatic rings. The van der Waals surface area contributed by atoms with Gasteiger partial charge in [-0.25, -0.2) is 4.39 Å². The topological polar surface area (TPSA) is 38.3 Å². The number of nitrogens with one attached hydrogen (secondary N) is 1. The lowest BCUT2D eigenvalue weighted by Crippen LogP contribution is -2.25. The number of hydrogen-bond acceptors (Lipinski definition) is 3. The van der Waals surface area contributed by atoms with Crippen molar-refractivity contribution in [2.45, 2.75) is 32.0 Å². The van der Waals surface area contributed by atoms with Gasteiger partial charge in [0.05, 0.1) is 13.0 Å². The second kappa shape index (κ2) is 4.40. The van der Waals surface area contributed by atoms with Gasteiger partial charge in [0.25, 0.3) is 0 Å². The third-order valence-electron chi connectivity index (χ3n) is 1.89. The Morgan fingerprint density at radius 1 is 1.75 bits per heavy atom. The Balaban J connectivity index is 2.18. The standard InChI is InChI=1S/C8H14FNO2/c1-2-12-8(11)4-7-3-6(9)5-10-7/h6-7,10H,2-5H2,1H3/t6-,7-/m0/s1. The van der Waals surface area contributed by atoms with Crippen LogP contribution in [0.4, 0.5) is 4.39 Å². The Morgan fingerprint density at radius 2 is 2.50 bits per heavy atom. The summed E-state index contributed by atoms with van der Waals surface area (Å²) in [4.78, 5) is 10.9. The van der Waals surface area contributed by atoms with Crippen LogP contribution in [0.5, 0.6) is 0 Å². The lowest BCUT2D eigenvalue weighted by molar-refractivity contribution is -0.143. The van der Waals surface area contributed by atoms with E-state index in [4.69, 9.17) is 4.74 Å². The molecule has 0 radical (unpaired) electrons. The predicted molar refractivity (Wildman–Crippen MR) is 42.6 cm³/mol. The van der Waals surface area contributed by atoms with Crippen LogP contribution in [0.25, 0.3) is 0 Å². The van der Waals surface area contributed by atoms with Crippen molar-refractivity contribution >= 4 is 5.97 Å². The summed E-state index contributed by atoms with van der Waals surface area (Å²) in [5.41, 5.74) is 0. The van der Waals surface area contributed by atoms with Crippen molar-refractivity contribution in [3.05, 3.63) is 0 Å². The van der Waals surface area contributed by atoms with Gasteiger partial charge in [-0.3, -0.25) is 4.79 Å². The van der Waals surface area contributed by atoms with Gasteiger partial charge in [0.15, 0.2) is 0 Å². The molecule has 0 amide bonds. The maximum absolute atomic E-state index is 12.6. The molecular formula is C8H14FNO2. The lowest BCUT2D eigenvalue weighted by atomic mass is 10.1. The van der Waals surface area contributed by atoms with Gasteiger partial charge in [0.2, 0.25) is 0 Å². The molecular weight excluding hydrogens is 161 g/mol. The van der Waals surface area contributed by atoms with Crippen LogP contribution in [0.2, 0.25) is 0 Å². The number of carbonyl (C=O) groups is 1. The molecule has 1 rings (SSSR count). The van der Waals surface area contributed by atoms with Gasteiger partial charge in [0.1, 0.15) is 6.17 Å². The highest BCUT2D eigenvalue weighted by atomic mass is 19.1. The molecule has 1 fully saturated rings. The van der Waals surface area contributed by atoms with Crippen LogP contribution in [0.15, 0.2) is 0 Å². The third kappa shape index (κ3) is 2.77. The average molecular weight is 175 g/mol. The van der Waals surface area contributed by atoms with E-state index in [-0.39, 0.29) is 18.4 Å². The first-order valence-electron chi connectivity index (χ1n) is 4.25. The molecule has 0 aromatic heterocycles. The fourth-order valence-electron chi connectivity index (χ4n) is 1.35. The average Bonchev–Trinajstić information content (AvgIpc) is 2.36. The van der Waals surface area contributed by atoms with Crippen molar-refractivity contribution < 1.29 is 13.9 Å². The van der Waals surface area contributed by atoms with Crippen LogP contribution >= 0.6 is 0 Å². The molecule has 1 N–H and O–H groups in total. The van der Waals surface area contributed by atoms with Crippen molar-refractivity contribution in [1.82, 2.24) is 5.32 Å². The predicted octanol–water partition coefficient (Wildman–Crippen LogP) is 0.640. The summed E-state index contributed by atoms with van der Waals surface area (Å²) >= 11 is 0. The number of esters is 1. The van der Waals surface area contributed by atoms with Crippen LogP contribution in [-0.4, -0.2) is 31.3 Å². The summed E-state index contributed by atoms with van der Waals surface area (Å²) in [5, 5.41) is 2.92. The van der Waals surface area contributed by atoms with Gasteiger partial charge >= 0.3 is 5.97 Å².